The normalized spacial score (nSPS) is 10.9. The topological polar surface area (TPSA) is 51.5 Å². The minimum Gasteiger partial charge on any atom is -0.494 e. The first-order chi connectivity index (χ1) is 13.3. The molecule has 2 aromatic carbocycles. The lowest BCUT2D eigenvalue weighted by atomic mass is 10.1. The van der Waals surface area contributed by atoms with Crippen molar-refractivity contribution in [2.75, 3.05) is 11.9 Å². The molecule has 0 bridgehead atoms. The fourth-order valence-corrected chi connectivity index (χ4v) is 2.91. The Kier molecular flexibility index (Phi) is 5.01. The highest BCUT2D eigenvalue weighted by Crippen LogP contribution is 2.31. The second-order valence-corrected chi connectivity index (χ2v) is 6.32. The molecule has 5 nitrogen and oxygen atoms in total. The molecule has 2 heterocycles. The van der Waals surface area contributed by atoms with E-state index in [9.17, 15) is 0 Å². The summed E-state index contributed by atoms with van der Waals surface area (Å²) in [7, 11) is 0. The van der Waals surface area contributed by atoms with Crippen molar-refractivity contribution in [3.63, 3.8) is 0 Å². The first-order valence-corrected chi connectivity index (χ1v) is 9.23. The molecule has 0 spiro atoms. The van der Waals surface area contributed by atoms with Gasteiger partial charge in [0.15, 0.2) is 0 Å². The maximum absolute atomic E-state index is 5.77. The van der Waals surface area contributed by atoms with Crippen LogP contribution in [0.4, 0.5) is 11.5 Å². The monoisotopic (exact) mass is 358 g/mol. The van der Waals surface area contributed by atoms with Crippen LogP contribution in [0.2, 0.25) is 0 Å². The number of benzene rings is 2. The number of nitrogens with one attached hydrogen (secondary N) is 1. The highest BCUT2D eigenvalue weighted by molar-refractivity contribution is 5.79. The number of fused-ring (bicyclic) bond motifs is 1. The fourth-order valence-electron chi connectivity index (χ4n) is 2.91. The Morgan fingerprint density at radius 1 is 1.00 bits per heavy atom. The highest BCUT2D eigenvalue weighted by atomic mass is 16.5. The van der Waals surface area contributed by atoms with E-state index in [1.165, 1.54) is 0 Å². The van der Waals surface area contributed by atoms with E-state index in [0.717, 1.165) is 48.0 Å². The SMILES string of the molecule is CCCCOc1ccc(-c2nc3ncccn3c2Nc2ccccc2)cc1. The molecule has 5 heteroatoms. The standard InChI is InChI=1S/C22H22N4O/c1-2-3-16-27-19-12-10-17(11-13-19)20-21(24-18-8-5-4-6-9-18)26-15-7-14-23-22(26)25-20/h4-15,24H,2-3,16H2,1H3. The van der Waals surface area contributed by atoms with Gasteiger partial charge < -0.3 is 10.1 Å². The fraction of sp³-hybridized carbons (Fsp3) is 0.182. The molecule has 0 saturated carbocycles. The summed E-state index contributed by atoms with van der Waals surface area (Å²) in [6.07, 6.45) is 5.90. The molecule has 1 N–H and O–H groups in total. The smallest absolute Gasteiger partial charge is 0.235 e. The number of hydrogen-bond donors (Lipinski definition) is 1. The van der Waals surface area contributed by atoms with Crippen LogP contribution in [0, 0.1) is 0 Å². The number of aromatic nitrogens is 3. The van der Waals surface area contributed by atoms with Crippen LogP contribution in [-0.4, -0.2) is 21.0 Å². The molecule has 0 fully saturated rings. The van der Waals surface area contributed by atoms with Crippen LogP contribution in [0.15, 0.2) is 73.1 Å². The molecule has 0 aliphatic carbocycles. The molecule has 0 unspecified atom stereocenters. The average molecular weight is 358 g/mol. The molecule has 2 aromatic heterocycles. The average Bonchev–Trinajstić information content (AvgIpc) is 3.08. The minimum atomic E-state index is 0.661. The summed E-state index contributed by atoms with van der Waals surface area (Å²) in [4.78, 5) is 9.12. The Balaban J connectivity index is 1.69. The van der Waals surface area contributed by atoms with Crippen molar-refractivity contribution in [1.82, 2.24) is 14.4 Å². The molecule has 0 atom stereocenters. The zero-order chi connectivity index (χ0) is 18.5. The number of rotatable bonds is 7. The predicted octanol–water partition coefficient (Wildman–Crippen LogP) is 5.32. The van der Waals surface area contributed by atoms with Gasteiger partial charge in [0.25, 0.3) is 0 Å². The molecule has 0 aliphatic rings. The van der Waals surface area contributed by atoms with Gasteiger partial charge in [-0.1, -0.05) is 31.5 Å². The molecule has 136 valence electrons. The van der Waals surface area contributed by atoms with Gasteiger partial charge in [0.2, 0.25) is 5.78 Å². The number of ether oxygens (including phenoxy) is 1. The van der Waals surface area contributed by atoms with E-state index in [1.54, 1.807) is 6.20 Å². The summed E-state index contributed by atoms with van der Waals surface area (Å²) in [5, 5.41) is 3.48. The van der Waals surface area contributed by atoms with Crippen LogP contribution in [0.25, 0.3) is 17.0 Å². The number of anilines is 2. The van der Waals surface area contributed by atoms with E-state index in [0.29, 0.717) is 5.78 Å². The lowest BCUT2D eigenvalue weighted by Gasteiger charge is -2.09. The Hall–Kier alpha value is -3.34. The van der Waals surface area contributed by atoms with Gasteiger partial charge in [0.05, 0.1) is 6.61 Å². The van der Waals surface area contributed by atoms with Crippen molar-refractivity contribution in [2.45, 2.75) is 19.8 Å². The summed E-state index contributed by atoms with van der Waals surface area (Å²) in [6.45, 7) is 2.90. The van der Waals surface area contributed by atoms with Crippen LogP contribution in [-0.2, 0) is 0 Å². The van der Waals surface area contributed by atoms with Gasteiger partial charge in [-0.3, -0.25) is 4.40 Å². The third-order valence-corrected chi connectivity index (χ3v) is 4.33. The van der Waals surface area contributed by atoms with Gasteiger partial charge in [-0.15, -0.1) is 0 Å². The third-order valence-electron chi connectivity index (χ3n) is 4.33. The van der Waals surface area contributed by atoms with Crippen molar-refractivity contribution >= 4 is 17.3 Å². The Morgan fingerprint density at radius 2 is 1.81 bits per heavy atom. The first kappa shape index (κ1) is 17.1. The van der Waals surface area contributed by atoms with Gasteiger partial charge in [-0.25, -0.2) is 9.97 Å². The molecule has 0 radical (unpaired) electrons. The van der Waals surface area contributed by atoms with Crippen molar-refractivity contribution in [3.8, 4) is 17.0 Å². The second kappa shape index (κ2) is 7.91. The van der Waals surface area contributed by atoms with E-state index >= 15 is 0 Å². The lowest BCUT2D eigenvalue weighted by molar-refractivity contribution is 0.309. The van der Waals surface area contributed by atoms with Crippen LogP contribution in [0.5, 0.6) is 5.75 Å². The van der Waals surface area contributed by atoms with E-state index < -0.39 is 0 Å². The van der Waals surface area contributed by atoms with Crippen LogP contribution >= 0.6 is 0 Å². The molecule has 4 rings (SSSR count). The van der Waals surface area contributed by atoms with Crippen molar-refractivity contribution in [3.05, 3.63) is 73.1 Å². The maximum Gasteiger partial charge on any atom is 0.235 e. The largest absolute Gasteiger partial charge is 0.494 e. The lowest BCUT2D eigenvalue weighted by Crippen LogP contribution is -1.97. The molecule has 0 amide bonds. The molecule has 27 heavy (non-hydrogen) atoms. The summed E-state index contributed by atoms with van der Waals surface area (Å²) in [6, 6.07) is 20.0. The van der Waals surface area contributed by atoms with E-state index in [4.69, 9.17) is 9.72 Å². The summed E-state index contributed by atoms with van der Waals surface area (Å²) in [5.41, 5.74) is 2.88. The van der Waals surface area contributed by atoms with Crippen molar-refractivity contribution in [2.24, 2.45) is 0 Å². The van der Waals surface area contributed by atoms with Crippen LogP contribution in [0.3, 0.4) is 0 Å². The van der Waals surface area contributed by atoms with Gasteiger partial charge >= 0.3 is 0 Å². The Bertz CT molecular complexity index is 1010. The number of unbranched alkanes of at least 4 members (excludes halogenated alkanes) is 1. The van der Waals surface area contributed by atoms with Gasteiger partial charge in [0, 0.05) is 23.6 Å². The number of imidazole rings is 1. The van der Waals surface area contributed by atoms with Crippen LogP contribution in [0.1, 0.15) is 19.8 Å². The molecule has 0 saturated heterocycles. The number of hydrogen-bond acceptors (Lipinski definition) is 4. The van der Waals surface area contributed by atoms with E-state index in [-0.39, 0.29) is 0 Å². The zero-order valence-electron chi connectivity index (χ0n) is 15.3. The summed E-state index contributed by atoms with van der Waals surface area (Å²) < 4.78 is 7.73. The van der Waals surface area contributed by atoms with E-state index in [1.807, 2.05) is 71.3 Å². The minimum absolute atomic E-state index is 0.661. The molecular formula is C22H22N4O. The molecule has 0 aliphatic heterocycles. The van der Waals surface area contributed by atoms with Crippen LogP contribution < -0.4 is 10.1 Å². The zero-order valence-corrected chi connectivity index (χ0v) is 15.3. The second-order valence-electron chi connectivity index (χ2n) is 6.32. The maximum atomic E-state index is 5.77. The summed E-state index contributed by atoms with van der Waals surface area (Å²) >= 11 is 0. The molecular weight excluding hydrogens is 336 g/mol. The highest BCUT2D eigenvalue weighted by Gasteiger charge is 2.15. The van der Waals surface area contributed by atoms with Gasteiger partial charge in [0.1, 0.15) is 17.3 Å². The number of nitrogens with zero attached hydrogens (tertiary/aromatic N) is 3. The first-order valence-electron chi connectivity index (χ1n) is 9.23. The summed E-state index contributed by atoms with van der Waals surface area (Å²) in [5.74, 6) is 2.44. The predicted molar refractivity (Wildman–Crippen MR) is 109 cm³/mol. The number of para-hydroxylation sites is 1. The molecule has 4 aromatic rings. The van der Waals surface area contributed by atoms with Crippen molar-refractivity contribution in [1.29, 1.82) is 0 Å². The van der Waals surface area contributed by atoms with Gasteiger partial charge in [-0.05, 0) is 48.9 Å². The van der Waals surface area contributed by atoms with Crippen molar-refractivity contribution < 1.29 is 4.74 Å². The third kappa shape index (κ3) is 3.77. The Labute approximate surface area is 158 Å². The van der Waals surface area contributed by atoms with E-state index in [2.05, 4.69) is 17.2 Å². The van der Waals surface area contributed by atoms with Gasteiger partial charge in [-0.2, -0.15) is 0 Å². The quantitative estimate of drug-likeness (QED) is 0.454. The Morgan fingerprint density at radius 3 is 2.59 bits per heavy atom.